The van der Waals surface area contributed by atoms with Gasteiger partial charge in [-0.1, -0.05) is 11.8 Å². The fourth-order valence-corrected chi connectivity index (χ4v) is 3.29. The summed E-state index contributed by atoms with van der Waals surface area (Å²) in [5.74, 6) is 0.803. The Morgan fingerprint density at radius 3 is 2.72 bits per heavy atom. The molecule has 0 N–H and O–H groups in total. The van der Waals surface area contributed by atoms with E-state index in [4.69, 9.17) is 0 Å². The van der Waals surface area contributed by atoms with Crippen LogP contribution in [0.3, 0.4) is 0 Å². The molecule has 0 unspecified atom stereocenters. The number of aromatic nitrogens is 4. The molecule has 0 fully saturated rings. The van der Waals surface area contributed by atoms with Crippen molar-refractivity contribution in [2.45, 2.75) is 24.8 Å². The van der Waals surface area contributed by atoms with Gasteiger partial charge in [-0.2, -0.15) is 0 Å². The second kappa shape index (κ2) is 4.70. The number of hydrogen-bond donors (Lipinski definition) is 0. The Bertz CT molecular complexity index is 638. The highest BCUT2D eigenvalue weighted by molar-refractivity contribution is 7.98. The third-order valence-corrected chi connectivity index (χ3v) is 4.11. The van der Waals surface area contributed by atoms with Crippen LogP contribution in [0.5, 0.6) is 0 Å². The monoisotopic (exact) mass is 276 g/mol. The van der Waals surface area contributed by atoms with Crippen LogP contribution in [0.25, 0.3) is 4.96 Å². The van der Waals surface area contributed by atoms with Crippen molar-refractivity contribution in [1.82, 2.24) is 19.4 Å². The van der Waals surface area contributed by atoms with Gasteiger partial charge in [0.1, 0.15) is 0 Å². The molecule has 92 valence electrons. The van der Waals surface area contributed by atoms with Gasteiger partial charge < -0.3 is 0 Å². The van der Waals surface area contributed by atoms with Gasteiger partial charge in [-0.25, -0.2) is 15.0 Å². The fourth-order valence-electron chi connectivity index (χ4n) is 1.74. The fraction of sp³-hybridized carbons (Fsp3) is 0.250. The van der Waals surface area contributed by atoms with Gasteiger partial charge >= 0.3 is 0 Å². The Kier molecular flexibility index (Phi) is 3.05. The molecule has 3 heterocycles. The van der Waals surface area contributed by atoms with Crippen molar-refractivity contribution in [3.8, 4) is 0 Å². The molecule has 3 rings (SSSR count). The average molecular weight is 276 g/mol. The van der Waals surface area contributed by atoms with Crippen LogP contribution in [-0.4, -0.2) is 19.4 Å². The van der Waals surface area contributed by atoms with Crippen molar-refractivity contribution in [3.63, 3.8) is 0 Å². The molecule has 0 aliphatic heterocycles. The molecule has 0 saturated heterocycles. The predicted octanol–water partition coefficient (Wildman–Crippen LogP) is 3.09. The minimum atomic E-state index is 0.803. The van der Waals surface area contributed by atoms with Crippen LogP contribution in [0.2, 0.25) is 0 Å². The maximum atomic E-state index is 4.54. The van der Waals surface area contributed by atoms with Crippen molar-refractivity contribution >= 4 is 28.1 Å². The van der Waals surface area contributed by atoms with E-state index in [0.29, 0.717) is 0 Å². The highest BCUT2D eigenvalue weighted by atomic mass is 32.2. The number of hydrogen-bond acceptors (Lipinski definition) is 5. The summed E-state index contributed by atoms with van der Waals surface area (Å²) in [5.41, 5.74) is 3.08. The van der Waals surface area contributed by atoms with E-state index >= 15 is 0 Å². The van der Waals surface area contributed by atoms with Crippen molar-refractivity contribution in [1.29, 1.82) is 0 Å². The summed E-state index contributed by atoms with van der Waals surface area (Å²) in [6, 6.07) is 1.98. The van der Waals surface area contributed by atoms with Gasteiger partial charge in [0.05, 0.1) is 5.69 Å². The number of fused-ring (bicyclic) bond motifs is 1. The molecule has 4 nitrogen and oxygen atoms in total. The van der Waals surface area contributed by atoms with Crippen molar-refractivity contribution in [3.05, 3.63) is 40.9 Å². The Labute approximate surface area is 113 Å². The Hall–Kier alpha value is -1.40. The van der Waals surface area contributed by atoms with Crippen LogP contribution in [0.4, 0.5) is 0 Å². The molecular weight excluding hydrogens is 264 g/mol. The number of nitrogens with zero attached hydrogens (tertiary/aromatic N) is 4. The highest BCUT2D eigenvalue weighted by Gasteiger charge is 2.05. The van der Waals surface area contributed by atoms with E-state index in [2.05, 4.69) is 21.1 Å². The smallest absolute Gasteiger partial charge is 0.193 e. The normalized spacial score (nSPS) is 11.2. The number of thiazole rings is 1. The number of aryl methyl sites for hydroxylation is 2. The maximum Gasteiger partial charge on any atom is 0.193 e. The van der Waals surface area contributed by atoms with Crippen LogP contribution >= 0.6 is 23.1 Å². The molecule has 0 spiro atoms. The second-order valence-corrected chi connectivity index (χ2v) is 5.86. The third kappa shape index (κ3) is 2.39. The lowest BCUT2D eigenvalue weighted by atomic mass is 10.4. The highest BCUT2D eigenvalue weighted by Crippen LogP contribution is 2.21. The first kappa shape index (κ1) is 11.7. The molecule has 0 atom stereocenters. The quantitative estimate of drug-likeness (QED) is 0.544. The first-order valence-corrected chi connectivity index (χ1v) is 7.43. The standard InChI is InChI=1S/C12H12N4S2/c1-8-5-9(2)14-11(13-8)18-7-10-6-16-3-4-17-12(16)15-10/h3-6H,7H2,1-2H3. The molecule has 6 heteroatoms. The summed E-state index contributed by atoms with van der Waals surface area (Å²) in [6.07, 6.45) is 4.08. The van der Waals surface area contributed by atoms with Crippen LogP contribution in [0.1, 0.15) is 17.1 Å². The zero-order valence-electron chi connectivity index (χ0n) is 10.1. The van der Waals surface area contributed by atoms with Crippen LogP contribution < -0.4 is 0 Å². The molecule has 3 aromatic heterocycles. The lowest BCUT2D eigenvalue weighted by Gasteiger charge is -2.01. The number of imidazole rings is 1. The topological polar surface area (TPSA) is 43.1 Å². The summed E-state index contributed by atoms with van der Waals surface area (Å²) in [7, 11) is 0. The van der Waals surface area contributed by atoms with E-state index in [1.165, 1.54) is 0 Å². The number of rotatable bonds is 3. The predicted molar refractivity (Wildman–Crippen MR) is 74.1 cm³/mol. The maximum absolute atomic E-state index is 4.54. The van der Waals surface area contributed by atoms with E-state index in [1.54, 1.807) is 23.1 Å². The van der Waals surface area contributed by atoms with Crippen LogP contribution in [-0.2, 0) is 5.75 Å². The lowest BCUT2D eigenvalue weighted by molar-refractivity contribution is 0.901. The third-order valence-electron chi connectivity index (χ3n) is 2.45. The Balaban J connectivity index is 1.75. The molecular formula is C12H12N4S2. The summed E-state index contributed by atoms with van der Waals surface area (Å²) >= 11 is 3.27. The SMILES string of the molecule is Cc1cc(C)nc(SCc2cn3ccsc3n2)n1. The van der Waals surface area contributed by atoms with E-state index in [-0.39, 0.29) is 0 Å². The molecule has 0 amide bonds. The number of thioether (sulfide) groups is 1. The van der Waals surface area contributed by atoms with E-state index in [0.717, 1.165) is 33.0 Å². The second-order valence-electron chi connectivity index (χ2n) is 4.05. The van der Waals surface area contributed by atoms with Gasteiger partial charge in [0.15, 0.2) is 10.1 Å². The first-order valence-electron chi connectivity index (χ1n) is 5.57. The summed E-state index contributed by atoms with van der Waals surface area (Å²) in [6.45, 7) is 3.98. The van der Waals surface area contributed by atoms with Gasteiger partial charge in [-0.3, -0.25) is 4.40 Å². The largest absolute Gasteiger partial charge is 0.297 e. The van der Waals surface area contributed by atoms with E-state index in [9.17, 15) is 0 Å². The van der Waals surface area contributed by atoms with E-state index in [1.807, 2.05) is 35.9 Å². The molecule has 0 aliphatic rings. The summed E-state index contributed by atoms with van der Waals surface area (Å²) in [4.78, 5) is 14.4. The summed E-state index contributed by atoms with van der Waals surface area (Å²) in [5, 5.41) is 2.86. The van der Waals surface area contributed by atoms with Gasteiger partial charge in [0, 0.05) is 34.9 Å². The van der Waals surface area contributed by atoms with Gasteiger partial charge in [0.25, 0.3) is 0 Å². The van der Waals surface area contributed by atoms with Crippen LogP contribution in [0.15, 0.2) is 29.0 Å². The van der Waals surface area contributed by atoms with Gasteiger partial charge in [0.2, 0.25) is 0 Å². The summed E-state index contributed by atoms with van der Waals surface area (Å²) < 4.78 is 2.04. The molecule has 0 bridgehead atoms. The Morgan fingerprint density at radius 1 is 1.22 bits per heavy atom. The minimum Gasteiger partial charge on any atom is -0.297 e. The van der Waals surface area contributed by atoms with E-state index < -0.39 is 0 Å². The Morgan fingerprint density at radius 2 is 2.00 bits per heavy atom. The van der Waals surface area contributed by atoms with Gasteiger partial charge in [-0.05, 0) is 19.9 Å². The van der Waals surface area contributed by atoms with Crippen LogP contribution in [0, 0.1) is 13.8 Å². The zero-order chi connectivity index (χ0) is 12.5. The molecule has 0 aliphatic carbocycles. The molecule has 0 saturated carbocycles. The van der Waals surface area contributed by atoms with Gasteiger partial charge in [-0.15, -0.1) is 11.3 Å². The van der Waals surface area contributed by atoms with Crippen molar-refractivity contribution < 1.29 is 0 Å². The minimum absolute atomic E-state index is 0.803. The lowest BCUT2D eigenvalue weighted by Crippen LogP contribution is -1.93. The zero-order valence-corrected chi connectivity index (χ0v) is 11.8. The molecule has 0 radical (unpaired) electrons. The first-order chi connectivity index (χ1) is 8.70. The molecule has 0 aromatic carbocycles. The van der Waals surface area contributed by atoms with Crippen molar-refractivity contribution in [2.24, 2.45) is 0 Å². The molecule has 3 aromatic rings. The van der Waals surface area contributed by atoms with Crippen molar-refractivity contribution in [2.75, 3.05) is 0 Å². The molecule has 18 heavy (non-hydrogen) atoms. The average Bonchev–Trinajstić information content (AvgIpc) is 2.84.